The maximum atomic E-state index is 9.15. The molecule has 0 spiro atoms. The molecular weight excluding hydrogens is 238 g/mol. The van der Waals surface area contributed by atoms with Crippen molar-refractivity contribution in [2.45, 2.75) is 43.8 Å². The van der Waals surface area contributed by atoms with Gasteiger partial charge in [-0.1, -0.05) is 0 Å². The van der Waals surface area contributed by atoms with Crippen molar-refractivity contribution >= 4 is 19.9 Å². The molecule has 3 aliphatic rings. The molecular formula is C12H18ClNOSi. The highest BCUT2D eigenvalue weighted by atomic mass is 35.5. The first-order valence-corrected chi connectivity index (χ1v) is 9.63. The van der Waals surface area contributed by atoms with Crippen molar-refractivity contribution < 1.29 is 4.43 Å². The number of hydrogen-bond donors (Lipinski definition) is 0. The van der Waals surface area contributed by atoms with E-state index in [1.54, 1.807) is 0 Å². The number of hydrogen-bond acceptors (Lipinski definition) is 2. The Balaban J connectivity index is 2.21. The van der Waals surface area contributed by atoms with E-state index in [9.17, 15) is 0 Å². The minimum atomic E-state index is -1.53. The van der Waals surface area contributed by atoms with Crippen LogP contribution in [0.1, 0.15) is 19.3 Å². The van der Waals surface area contributed by atoms with Crippen LogP contribution in [-0.4, -0.2) is 13.2 Å². The first kappa shape index (κ1) is 12.0. The Kier molecular flexibility index (Phi) is 2.84. The van der Waals surface area contributed by atoms with E-state index in [2.05, 4.69) is 31.8 Å². The van der Waals surface area contributed by atoms with Gasteiger partial charge < -0.3 is 4.43 Å². The van der Waals surface area contributed by atoms with E-state index in [0.29, 0.717) is 5.92 Å². The second kappa shape index (κ2) is 3.78. The molecule has 0 aliphatic heterocycles. The number of halogens is 1. The van der Waals surface area contributed by atoms with E-state index in [1.165, 1.54) is 0 Å². The molecule has 0 aromatic rings. The van der Waals surface area contributed by atoms with Crippen LogP contribution < -0.4 is 0 Å². The molecule has 0 N–H and O–H groups in total. The van der Waals surface area contributed by atoms with Crippen LogP contribution in [0.5, 0.6) is 0 Å². The molecule has 0 aromatic carbocycles. The Morgan fingerprint density at radius 3 is 2.62 bits per heavy atom. The average Bonchev–Trinajstić information content (AvgIpc) is 2.18. The van der Waals surface area contributed by atoms with Gasteiger partial charge in [0.25, 0.3) is 0 Å². The molecule has 88 valence electrons. The lowest BCUT2D eigenvalue weighted by atomic mass is 9.68. The smallest absolute Gasteiger partial charge is 0.241 e. The van der Waals surface area contributed by atoms with E-state index in [1.807, 2.05) is 0 Å². The third kappa shape index (κ3) is 2.14. The minimum Gasteiger partial charge on any atom is -0.547 e. The van der Waals surface area contributed by atoms with Crippen LogP contribution in [0.3, 0.4) is 0 Å². The quantitative estimate of drug-likeness (QED) is 0.557. The first-order valence-electron chi connectivity index (χ1n) is 5.85. The third-order valence-corrected chi connectivity index (χ3v) is 4.70. The molecule has 2 nitrogen and oxygen atoms in total. The number of fused-ring (bicyclic) bond motifs is 2. The molecule has 0 radical (unpaired) electrons. The standard InChI is InChI=1S/C12H18ClNOSi/c1-16(2,3)15-11-6-10-5-4-9(11)7-12(10,13)8-14/h6,9-10H,4-5,7H2,1-3H3. The molecule has 0 aromatic heterocycles. The summed E-state index contributed by atoms with van der Waals surface area (Å²) in [6.45, 7) is 6.57. The average molecular weight is 256 g/mol. The van der Waals surface area contributed by atoms with Crippen molar-refractivity contribution in [2.24, 2.45) is 11.8 Å². The van der Waals surface area contributed by atoms with Crippen molar-refractivity contribution in [3.8, 4) is 6.07 Å². The molecule has 0 saturated heterocycles. The van der Waals surface area contributed by atoms with Gasteiger partial charge in [-0.15, -0.1) is 11.6 Å². The largest absolute Gasteiger partial charge is 0.547 e. The van der Waals surface area contributed by atoms with Crippen LogP contribution in [0.4, 0.5) is 0 Å². The van der Waals surface area contributed by atoms with Crippen LogP contribution >= 0.6 is 11.6 Å². The van der Waals surface area contributed by atoms with Gasteiger partial charge in [0.1, 0.15) is 4.87 Å². The molecule has 4 heteroatoms. The Morgan fingerprint density at radius 2 is 2.19 bits per heavy atom. The Bertz CT molecular complexity index is 368. The zero-order valence-electron chi connectivity index (χ0n) is 10.1. The summed E-state index contributed by atoms with van der Waals surface area (Å²) in [5.41, 5.74) is 0. The van der Waals surface area contributed by atoms with Crippen molar-refractivity contribution in [3.05, 3.63) is 11.8 Å². The lowest BCUT2D eigenvalue weighted by molar-refractivity contribution is 0.203. The van der Waals surface area contributed by atoms with E-state index in [-0.39, 0.29) is 5.92 Å². The van der Waals surface area contributed by atoms with E-state index < -0.39 is 13.2 Å². The highest BCUT2D eigenvalue weighted by Crippen LogP contribution is 2.50. The third-order valence-electron chi connectivity index (χ3n) is 3.34. The fourth-order valence-corrected chi connectivity index (χ4v) is 3.91. The molecule has 3 rings (SSSR count). The van der Waals surface area contributed by atoms with E-state index >= 15 is 0 Å². The van der Waals surface area contributed by atoms with Gasteiger partial charge in [-0.25, -0.2) is 0 Å². The van der Waals surface area contributed by atoms with Gasteiger partial charge in [0.15, 0.2) is 0 Å². The summed E-state index contributed by atoms with van der Waals surface area (Å²) in [7, 11) is -1.53. The zero-order valence-corrected chi connectivity index (χ0v) is 11.8. The summed E-state index contributed by atoms with van der Waals surface area (Å²) in [6.07, 6.45) is 5.02. The predicted octanol–water partition coefficient (Wildman–Crippen LogP) is 3.65. The minimum absolute atomic E-state index is 0.176. The highest BCUT2D eigenvalue weighted by molar-refractivity contribution is 6.70. The number of nitrogens with zero attached hydrogens (tertiary/aromatic N) is 1. The van der Waals surface area contributed by atoms with Gasteiger partial charge in [0.05, 0.1) is 11.8 Å². The van der Waals surface area contributed by atoms with Gasteiger partial charge in [-0.2, -0.15) is 5.26 Å². The summed E-state index contributed by atoms with van der Waals surface area (Å²) >= 11 is 6.34. The molecule has 3 aliphatic carbocycles. The summed E-state index contributed by atoms with van der Waals surface area (Å²) < 4.78 is 6.08. The lowest BCUT2D eigenvalue weighted by Gasteiger charge is -2.44. The van der Waals surface area contributed by atoms with Gasteiger partial charge in [-0.3, -0.25) is 0 Å². The fourth-order valence-electron chi connectivity index (χ4n) is 2.61. The van der Waals surface area contributed by atoms with E-state index in [4.69, 9.17) is 21.3 Å². The fraction of sp³-hybridized carbons (Fsp3) is 0.750. The second-order valence-corrected chi connectivity index (χ2v) is 10.9. The Hall–Kier alpha value is -0.463. The van der Waals surface area contributed by atoms with Gasteiger partial charge in [-0.05, 0) is 45.0 Å². The van der Waals surface area contributed by atoms with Crippen molar-refractivity contribution in [2.75, 3.05) is 0 Å². The molecule has 3 unspecified atom stereocenters. The maximum absolute atomic E-state index is 9.15. The van der Waals surface area contributed by atoms with Gasteiger partial charge in [0.2, 0.25) is 8.32 Å². The van der Waals surface area contributed by atoms with Crippen LogP contribution in [0.15, 0.2) is 11.8 Å². The van der Waals surface area contributed by atoms with Crippen molar-refractivity contribution in [1.82, 2.24) is 0 Å². The predicted molar refractivity (Wildman–Crippen MR) is 67.5 cm³/mol. The molecule has 2 bridgehead atoms. The number of allylic oxidation sites excluding steroid dienone is 2. The van der Waals surface area contributed by atoms with Crippen molar-refractivity contribution in [3.63, 3.8) is 0 Å². The summed E-state index contributed by atoms with van der Waals surface area (Å²) in [5, 5.41) is 9.15. The van der Waals surface area contributed by atoms with Crippen LogP contribution in [0, 0.1) is 23.2 Å². The number of nitriles is 1. The SMILES string of the molecule is C[Si](C)(C)OC1=CC2CCC1CC2(Cl)C#N. The molecule has 3 atom stereocenters. The van der Waals surface area contributed by atoms with E-state index in [0.717, 1.165) is 25.0 Å². The maximum Gasteiger partial charge on any atom is 0.241 e. The molecule has 1 fully saturated rings. The summed E-state index contributed by atoms with van der Waals surface area (Å²) in [4.78, 5) is -0.671. The Labute approximate surface area is 103 Å². The molecule has 1 saturated carbocycles. The molecule has 0 heterocycles. The van der Waals surface area contributed by atoms with Crippen LogP contribution in [0.25, 0.3) is 0 Å². The zero-order chi connectivity index (χ0) is 12.0. The highest BCUT2D eigenvalue weighted by Gasteiger charge is 2.48. The van der Waals surface area contributed by atoms with Crippen LogP contribution in [-0.2, 0) is 4.43 Å². The van der Waals surface area contributed by atoms with Gasteiger partial charge >= 0.3 is 0 Å². The monoisotopic (exact) mass is 255 g/mol. The second-order valence-electron chi connectivity index (χ2n) is 5.84. The topological polar surface area (TPSA) is 33.0 Å². The number of alkyl halides is 1. The molecule has 0 amide bonds. The molecule has 16 heavy (non-hydrogen) atoms. The summed E-state index contributed by atoms with van der Waals surface area (Å²) in [5.74, 6) is 1.66. The van der Waals surface area contributed by atoms with Crippen molar-refractivity contribution in [1.29, 1.82) is 5.26 Å². The lowest BCUT2D eigenvalue weighted by Crippen LogP contribution is -2.43. The number of rotatable bonds is 2. The Morgan fingerprint density at radius 1 is 1.50 bits per heavy atom. The van der Waals surface area contributed by atoms with Gasteiger partial charge in [0, 0.05) is 11.8 Å². The summed E-state index contributed by atoms with van der Waals surface area (Å²) in [6, 6.07) is 2.27. The first-order chi connectivity index (χ1) is 7.34. The normalized spacial score (nSPS) is 37.8. The van der Waals surface area contributed by atoms with Crippen LogP contribution in [0.2, 0.25) is 19.6 Å².